The van der Waals surface area contributed by atoms with Gasteiger partial charge in [-0.15, -0.1) is 0 Å². The van der Waals surface area contributed by atoms with Crippen LogP contribution in [0.1, 0.15) is 12.8 Å². The number of anilines is 1. The van der Waals surface area contributed by atoms with Crippen LogP contribution in [0.2, 0.25) is 0 Å². The van der Waals surface area contributed by atoms with Crippen LogP contribution in [0, 0.1) is 0 Å². The topological polar surface area (TPSA) is 50.3 Å². The number of methoxy groups -OCH3 is 1. The van der Waals surface area contributed by atoms with E-state index in [0.717, 1.165) is 29.9 Å². The van der Waals surface area contributed by atoms with Crippen LogP contribution in [0.4, 0.5) is 5.82 Å². The van der Waals surface area contributed by atoms with Crippen LogP contribution >= 0.6 is 15.9 Å². The summed E-state index contributed by atoms with van der Waals surface area (Å²) in [6, 6.07) is 0.545. The predicted octanol–water partition coefficient (Wildman–Crippen LogP) is 1.44. The van der Waals surface area contributed by atoms with E-state index in [2.05, 4.69) is 36.1 Å². The minimum atomic E-state index is 0.545. The van der Waals surface area contributed by atoms with Crippen molar-refractivity contribution in [3.8, 4) is 0 Å². The molecule has 2 heterocycles. The summed E-state index contributed by atoms with van der Waals surface area (Å²) in [4.78, 5) is 10.6. The van der Waals surface area contributed by atoms with Gasteiger partial charge in [-0.05, 0) is 35.3 Å². The van der Waals surface area contributed by atoms with Crippen molar-refractivity contribution in [1.29, 1.82) is 0 Å². The lowest BCUT2D eigenvalue weighted by atomic mass is 10.2. The van der Waals surface area contributed by atoms with Crippen molar-refractivity contribution in [2.75, 3.05) is 38.3 Å². The zero-order valence-corrected chi connectivity index (χ0v) is 12.2. The molecule has 100 valence electrons. The number of nitrogens with zero attached hydrogens (tertiary/aromatic N) is 3. The number of rotatable bonds is 6. The van der Waals surface area contributed by atoms with Gasteiger partial charge in [0.1, 0.15) is 12.1 Å². The molecule has 0 saturated carbocycles. The number of hydrogen-bond acceptors (Lipinski definition) is 5. The van der Waals surface area contributed by atoms with Crippen molar-refractivity contribution < 1.29 is 4.74 Å². The second kappa shape index (κ2) is 7.01. The smallest absolute Gasteiger partial charge is 0.146 e. The molecule has 5 nitrogen and oxygen atoms in total. The largest absolute Gasteiger partial charge is 0.383 e. The van der Waals surface area contributed by atoms with Crippen molar-refractivity contribution in [2.24, 2.45) is 0 Å². The SMILES string of the molecule is COCCN(CC1CCCN1)c1ncncc1Br. The molecule has 6 heteroatoms. The highest BCUT2D eigenvalue weighted by molar-refractivity contribution is 9.10. The summed E-state index contributed by atoms with van der Waals surface area (Å²) in [6.07, 6.45) is 5.85. The Balaban J connectivity index is 2.06. The molecule has 2 rings (SSSR count). The summed E-state index contributed by atoms with van der Waals surface area (Å²) in [6.45, 7) is 3.61. The van der Waals surface area contributed by atoms with E-state index < -0.39 is 0 Å². The molecular weight excluding hydrogens is 296 g/mol. The highest BCUT2D eigenvalue weighted by atomic mass is 79.9. The first-order chi connectivity index (χ1) is 8.81. The maximum absolute atomic E-state index is 5.18. The Morgan fingerprint density at radius 3 is 3.17 bits per heavy atom. The Morgan fingerprint density at radius 1 is 1.61 bits per heavy atom. The molecule has 1 aromatic heterocycles. The summed E-state index contributed by atoms with van der Waals surface area (Å²) in [5.41, 5.74) is 0. The normalized spacial score (nSPS) is 19.1. The number of ether oxygens (including phenoxy) is 1. The summed E-state index contributed by atoms with van der Waals surface area (Å²) < 4.78 is 6.11. The van der Waals surface area contributed by atoms with Crippen molar-refractivity contribution in [1.82, 2.24) is 15.3 Å². The van der Waals surface area contributed by atoms with Crippen LogP contribution in [0.5, 0.6) is 0 Å². The van der Waals surface area contributed by atoms with E-state index >= 15 is 0 Å². The van der Waals surface area contributed by atoms with Crippen LogP contribution in [-0.2, 0) is 4.74 Å². The average Bonchev–Trinajstić information content (AvgIpc) is 2.88. The molecule has 0 aromatic carbocycles. The fourth-order valence-corrected chi connectivity index (χ4v) is 2.67. The third-order valence-electron chi connectivity index (χ3n) is 3.12. The van der Waals surface area contributed by atoms with Gasteiger partial charge in [-0.3, -0.25) is 0 Å². The van der Waals surface area contributed by atoms with E-state index in [9.17, 15) is 0 Å². The highest BCUT2D eigenvalue weighted by Crippen LogP contribution is 2.22. The minimum absolute atomic E-state index is 0.545. The van der Waals surface area contributed by atoms with E-state index in [1.54, 1.807) is 19.6 Å². The van der Waals surface area contributed by atoms with Gasteiger partial charge in [0.15, 0.2) is 0 Å². The van der Waals surface area contributed by atoms with Crippen LogP contribution < -0.4 is 10.2 Å². The van der Waals surface area contributed by atoms with E-state index in [4.69, 9.17) is 4.74 Å². The lowest BCUT2D eigenvalue weighted by Gasteiger charge is -2.27. The third kappa shape index (κ3) is 3.63. The third-order valence-corrected chi connectivity index (χ3v) is 3.68. The molecule has 1 unspecified atom stereocenters. The Kier molecular flexibility index (Phi) is 5.34. The Morgan fingerprint density at radius 2 is 2.50 bits per heavy atom. The summed E-state index contributed by atoms with van der Waals surface area (Å²) in [5.74, 6) is 0.941. The fourth-order valence-electron chi connectivity index (χ4n) is 2.20. The molecule has 1 fully saturated rings. The van der Waals surface area contributed by atoms with Gasteiger partial charge in [0, 0.05) is 32.4 Å². The van der Waals surface area contributed by atoms with E-state index in [0.29, 0.717) is 12.6 Å². The molecule has 1 saturated heterocycles. The quantitative estimate of drug-likeness (QED) is 0.861. The predicted molar refractivity (Wildman–Crippen MR) is 74.8 cm³/mol. The molecule has 1 N–H and O–H groups in total. The highest BCUT2D eigenvalue weighted by Gasteiger charge is 2.20. The van der Waals surface area contributed by atoms with Gasteiger partial charge in [0.05, 0.1) is 11.1 Å². The maximum atomic E-state index is 5.18. The Bertz CT molecular complexity index is 371. The van der Waals surface area contributed by atoms with Crippen molar-refractivity contribution >= 4 is 21.7 Å². The molecule has 0 radical (unpaired) electrons. The number of halogens is 1. The van der Waals surface area contributed by atoms with Crippen molar-refractivity contribution in [3.05, 3.63) is 17.0 Å². The number of nitrogens with one attached hydrogen (secondary N) is 1. The number of aromatic nitrogens is 2. The molecule has 18 heavy (non-hydrogen) atoms. The maximum Gasteiger partial charge on any atom is 0.146 e. The van der Waals surface area contributed by atoms with Gasteiger partial charge in [0.2, 0.25) is 0 Å². The van der Waals surface area contributed by atoms with Crippen molar-refractivity contribution in [2.45, 2.75) is 18.9 Å². The first kappa shape index (κ1) is 13.7. The van der Waals surface area contributed by atoms with Gasteiger partial charge < -0.3 is 15.0 Å². The monoisotopic (exact) mass is 314 g/mol. The van der Waals surface area contributed by atoms with Crippen molar-refractivity contribution in [3.63, 3.8) is 0 Å². The Hall–Kier alpha value is -0.720. The van der Waals surface area contributed by atoms with E-state index in [-0.39, 0.29) is 0 Å². The van der Waals surface area contributed by atoms with E-state index in [1.807, 2.05) is 0 Å². The van der Waals surface area contributed by atoms with Crippen LogP contribution in [0.15, 0.2) is 17.0 Å². The minimum Gasteiger partial charge on any atom is -0.383 e. The summed E-state index contributed by atoms with van der Waals surface area (Å²) >= 11 is 3.51. The van der Waals surface area contributed by atoms with Gasteiger partial charge >= 0.3 is 0 Å². The second-order valence-electron chi connectivity index (χ2n) is 4.43. The van der Waals surface area contributed by atoms with Gasteiger partial charge in [-0.25, -0.2) is 9.97 Å². The average molecular weight is 315 g/mol. The lowest BCUT2D eigenvalue weighted by molar-refractivity contribution is 0.204. The molecule has 0 aliphatic carbocycles. The van der Waals surface area contributed by atoms with E-state index in [1.165, 1.54) is 12.8 Å². The molecule has 0 bridgehead atoms. The zero-order chi connectivity index (χ0) is 12.8. The molecule has 1 aliphatic rings. The standard InChI is InChI=1S/C12H19BrN4O/c1-18-6-5-17(8-10-3-2-4-15-10)12-11(13)7-14-9-16-12/h7,9-10,15H,2-6,8H2,1H3. The van der Waals surface area contributed by atoms with Crippen LogP contribution in [0.25, 0.3) is 0 Å². The first-order valence-corrected chi connectivity index (χ1v) is 7.03. The summed E-state index contributed by atoms with van der Waals surface area (Å²) in [7, 11) is 1.72. The first-order valence-electron chi connectivity index (χ1n) is 6.24. The van der Waals surface area contributed by atoms with Gasteiger partial charge in [-0.2, -0.15) is 0 Å². The van der Waals surface area contributed by atoms with Crippen LogP contribution in [-0.4, -0.2) is 49.4 Å². The number of hydrogen-bond donors (Lipinski definition) is 1. The molecule has 1 atom stereocenters. The van der Waals surface area contributed by atoms with Crippen LogP contribution in [0.3, 0.4) is 0 Å². The fraction of sp³-hybridized carbons (Fsp3) is 0.667. The molecule has 1 aromatic rings. The molecular formula is C12H19BrN4O. The Labute approximate surface area is 116 Å². The van der Waals surface area contributed by atoms with Gasteiger partial charge in [-0.1, -0.05) is 0 Å². The zero-order valence-electron chi connectivity index (χ0n) is 10.6. The van der Waals surface area contributed by atoms with Gasteiger partial charge in [0.25, 0.3) is 0 Å². The molecule has 0 amide bonds. The molecule has 1 aliphatic heterocycles. The lowest BCUT2D eigenvalue weighted by Crippen LogP contribution is -2.39. The molecule has 0 spiro atoms. The second-order valence-corrected chi connectivity index (χ2v) is 5.28. The summed E-state index contributed by atoms with van der Waals surface area (Å²) in [5, 5.41) is 3.51.